The van der Waals surface area contributed by atoms with Crippen molar-refractivity contribution in [3.63, 3.8) is 0 Å². The standard InChI is InChI=1S/C33H29FN6O/c1-35-33(41)27-19-37-32(40(20-22-9-5-3-6-10-22)21-23-11-7-4-8-12-23)30-26(27)18-29(38-30)25-14-13-24(17-28(25)34)31-36-15-16-39(31)2/h3-19,38H,20-21H2,1-2H3,(H,35,41). The average Bonchev–Trinajstić information content (AvgIpc) is 3.63. The maximum Gasteiger partial charge on any atom is 0.253 e. The fourth-order valence-corrected chi connectivity index (χ4v) is 5.13. The van der Waals surface area contributed by atoms with Crippen LogP contribution in [0.15, 0.2) is 104 Å². The Morgan fingerprint density at radius 1 is 0.951 bits per heavy atom. The molecule has 41 heavy (non-hydrogen) atoms. The average molecular weight is 545 g/mol. The molecule has 6 aromatic rings. The van der Waals surface area contributed by atoms with Gasteiger partial charge >= 0.3 is 0 Å². The molecule has 3 aromatic heterocycles. The Morgan fingerprint density at radius 2 is 1.63 bits per heavy atom. The quantitative estimate of drug-likeness (QED) is 0.235. The number of H-pyrrole nitrogens is 1. The number of imidazole rings is 1. The smallest absolute Gasteiger partial charge is 0.253 e. The summed E-state index contributed by atoms with van der Waals surface area (Å²) in [6.07, 6.45) is 5.10. The van der Waals surface area contributed by atoms with Gasteiger partial charge in [-0.3, -0.25) is 4.79 Å². The molecule has 0 spiro atoms. The van der Waals surface area contributed by atoms with Gasteiger partial charge in [0.05, 0.1) is 11.1 Å². The number of hydrogen-bond acceptors (Lipinski definition) is 4. The number of aromatic amines is 1. The number of carbonyl (C=O) groups excluding carboxylic acids is 1. The molecule has 6 rings (SSSR count). The Morgan fingerprint density at radius 3 is 2.22 bits per heavy atom. The lowest BCUT2D eigenvalue weighted by atomic mass is 10.1. The normalized spacial score (nSPS) is 11.1. The maximum atomic E-state index is 15.6. The van der Waals surface area contributed by atoms with Crippen LogP contribution in [0.25, 0.3) is 33.5 Å². The molecule has 0 radical (unpaired) electrons. The van der Waals surface area contributed by atoms with Crippen molar-refractivity contribution in [1.29, 1.82) is 0 Å². The number of halogens is 1. The summed E-state index contributed by atoms with van der Waals surface area (Å²) in [7, 11) is 3.46. The molecule has 0 saturated heterocycles. The lowest BCUT2D eigenvalue weighted by Crippen LogP contribution is -2.24. The van der Waals surface area contributed by atoms with Crippen LogP contribution < -0.4 is 10.2 Å². The number of anilines is 1. The number of benzene rings is 3. The number of amides is 1. The first kappa shape index (κ1) is 26.0. The second-order valence-electron chi connectivity index (χ2n) is 9.93. The molecular formula is C33H29FN6O. The highest BCUT2D eigenvalue weighted by Gasteiger charge is 2.22. The monoisotopic (exact) mass is 544 g/mol. The van der Waals surface area contributed by atoms with Crippen LogP contribution in [-0.4, -0.2) is 32.5 Å². The van der Waals surface area contributed by atoms with E-state index in [0.29, 0.717) is 58.0 Å². The zero-order chi connectivity index (χ0) is 28.3. The van der Waals surface area contributed by atoms with Crippen LogP contribution in [0.4, 0.5) is 10.2 Å². The van der Waals surface area contributed by atoms with Crippen molar-refractivity contribution < 1.29 is 9.18 Å². The number of nitrogens with one attached hydrogen (secondary N) is 2. The van der Waals surface area contributed by atoms with E-state index < -0.39 is 5.82 Å². The molecule has 0 aliphatic rings. The highest BCUT2D eigenvalue weighted by molar-refractivity contribution is 6.09. The summed E-state index contributed by atoms with van der Waals surface area (Å²) in [4.78, 5) is 27.6. The molecule has 0 saturated carbocycles. The van der Waals surface area contributed by atoms with Crippen LogP contribution in [0.1, 0.15) is 21.5 Å². The van der Waals surface area contributed by atoms with Gasteiger partial charge in [-0.25, -0.2) is 14.4 Å². The van der Waals surface area contributed by atoms with E-state index >= 15 is 4.39 Å². The minimum atomic E-state index is -0.390. The van der Waals surface area contributed by atoms with Crippen molar-refractivity contribution in [2.45, 2.75) is 13.1 Å². The minimum absolute atomic E-state index is 0.261. The summed E-state index contributed by atoms with van der Waals surface area (Å²) >= 11 is 0. The van der Waals surface area contributed by atoms with E-state index in [1.807, 2.05) is 66.3 Å². The Balaban J connectivity index is 1.48. The highest BCUT2D eigenvalue weighted by atomic mass is 19.1. The molecule has 3 aromatic carbocycles. The number of rotatable bonds is 8. The zero-order valence-electron chi connectivity index (χ0n) is 22.8. The van der Waals surface area contributed by atoms with Crippen molar-refractivity contribution in [2.24, 2.45) is 7.05 Å². The molecule has 0 bridgehead atoms. The fourth-order valence-electron chi connectivity index (χ4n) is 5.13. The van der Waals surface area contributed by atoms with Gasteiger partial charge in [-0.1, -0.05) is 66.7 Å². The number of carbonyl (C=O) groups is 1. The van der Waals surface area contributed by atoms with Gasteiger partial charge in [-0.05, 0) is 29.3 Å². The summed E-state index contributed by atoms with van der Waals surface area (Å²) in [5.41, 5.74) is 4.96. The van der Waals surface area contributed by atoms with E-state index in [1.165, 1.54) is 6.07 Å². The molecule has 1 amide bonds. The summed E-state index contributed by atoms with van der Waals surface area (Å²) in [6.45, 7) is 1.19. The molecule has 3 heterocycles. The van der Waals surface area contributed by atoms with Crippen molar-refractivity contribution in [2.75, 3.05) is 11.9 Å². The first-order valence-corrected chi connectivity index (χ1v) is 13.4. The molecule has 204 valence electrons. The van der Waals surface area contributed by atoms with E-state index in [9.17, 15) is 4.79 Å². The molecular weight excluding hydrogens is 515 g/mol. The molecule has 0 aliphatic carbocycles. The molecule has 2 N–H and O–H groups in total. The van der Waals surface area contributed by atoms with Gasteiger partial charge in [0.2, 0.25) is 0 Å². The van der Waals surface area contributed by atoms with Gasteiger partial charge in [0.25, 0.3) is 5.91 Å². The predicted octanol–water partition coefficient (Wildman–Crippen LogP) is 6.34. The Kier molecular flexibility index (Phi) is 7.04. The molecule has 8 heteroatoms. The number of hydrogen-bond donors (Lipinski definition) is 2. The SMILES string of the molecule is CNC(=O)c1cnc(N(Cc2ccccc2)Cc2ccccc2)c2[nH]c(-c3ccc(-c4nccn4C)cc3F)cc12. The van der Waals surface area contributed by atoms with Crippen LogP contribution in [0.2, 0.25) is 0 Å². The number of pyridine rings is 1. The third-order valence-corrected chi connectivity index (χ3v) is 7.19. The molecule has 7 nitrogen and oxygen atoms in total. The fraction of sp³-hybridized carbons (Fsp3) is 0.121. The Bertz CT molecular complexity index is 1790. The summed E-state index contributed by atoms with van der Waals surface area (Å²) in [6, 6.07) is 27.2. The van der Waals surface area contributed by atoms with Crippen LogP contribution >= 0.6 is 0 Å². The van der Waals surface area contributed by atoms with E-state index in [2.05, 4.69) is 44.5 Å². The van der Waals surface area contributed by atoms with Gasteiger partial charge in [0.1, 0.15) is 11.6 Å². The Labute approximate surface area is 237 Å². The van der Waals surface area contributed by atoms with E-state index in [-0.39, 0.29) is 5.91 Å². The van der Waals surface area contributed by atoms with Gasteiger partial charge < -0.3 is 19.8 Å². The second kappa shape index (κ2) is 11.1. The predicted molar refractivity (Wildman–Crippen MR) is 160 cm³/mol. The third-order valence-electron chi connectivity index (χ3n) is 7.19. The second-order valence-corrected chi connectivity index (χ2v) is 9.93. The number of fused-ring (bicyclic) bond motifs is 1. The van der Waals surface area contributed by atoms with Crippen molar-refractivity contribution >= 4 is 22.6 Å². The van der Waals surface area contributed by atoms with Crippen molar-refractivity contribution in [3.05, 3.63) is 126 Å². The summed E-state index contributed by atoms with van der Waals surface area (Å²) in [5.74, 6) is 0.705. The Hall–Kier alpha value is -5.24. The molecule has 0 fully saturated rings. The van der Waals surface area contributed by atoms with Crippen LogP contribution in [-0.2, 0) is 20.1 Å². The van der Waals surface area contributed by atoms with Crippen LogP contribution in [0, 0.1) is 5.82 Å². The van der Waals surface area contributed by atoms with Gasteiger partial charge in [-0.15, -0.1) is 0 Å². The number of aryl methyl sites for hydroxylation is 1. The third kappa shape index (κ3) is 5.19. The molecule has 0 unspecified atom stereocenters. The first-order valence-electron chi connectivity index (χ1n) is 13.4. The number of aromatic nitrogens is 4. The minimum Gasteiger partial charge on any atom is -0.355 e. The van der Waals surface area contributed by atoms with Gasteiger partial charge in [0, 0.05) is 68.0 Å². The van der Waals surface area contributed by atoms with Crippen molar-refractivity contribution in [1.82, 2.24) is 24.8 Å². The van der Waals surface area contributed by atoms with E-state index in [1.54, 1.807) is 25.5 Å². The first-order chi connectivity index (χ1) is 20.0. The summed E-state index contributed by atoms with van der Waals surface area (Å²) < 4.78 is 17.4. The van der Waals surface area contributed by atoms with Gasteiger partial charge in [-0.2, -0.15) is 0 Å². The largest absolute Gasteiger partial charge is 0.355 e. The lowest BCUT2D eigenvalue weighted by Gasteiger charge is -2.25. The van der Waals surface area contributed by atoms with Crippen LogP contribution in [0.5, 0.6) is 0 Å². The highest BCUT2D eigenvalue weighted by Crippen LogP contribution is 2.35. The topological polar surface area (TPSA) is 78.8 Å². The van der Waals surface area contributed by atoms with Crippen molar-refractivity contribution in [3.8, 4) is 22.6 Å². The zero-order valence-corrected chi connectivity index (χ0v) is 22.8. The van der Waals surface area contributed by atoms with Gasteiger partial charge in [0.15, 0.2) is 5.82 Å². The molecule has 0 atom stereocenters. The molecule has 0 aliphatic heterocycles. The summed E-state index contributed by atoms with van der Waals surface area (Å²) in [5, 5.41) is 3.37. The maximum absolute atomic E-state index is 15.6. The van der Waals surface area contributed by atoms with E-state index in [0.717, 1.165) is 11.1 Å². The lowest BCUT2D eigenvalue weighted by molar-refractivity contribution is 0.0964. The number of nitrogens with zero attached hydrogens (tertiary/aromatic N) is 4. The van der Waals surface area contributed by atoms with E-state index in [4.69, 9.17) is 4.98 Å². The van der Waals surface area contributed by atoms with Crippen LogP contribution in [0.3, 0.4) is 0 Å².